The smallest absolute Gasteiger partial charge is 0.271 e. The van der Waals surface area contributed by atoms with Crippen LogP contribution in [0.4, 0.5) is 0 Å². The number of hydrogen-bond donors (Lipinski definition) is 1. The standard InChI is InChI=1S/C29H37N3O2S/c1-5-23-15-24-26(35-23)16-25-27(33)32(17-20(3)21-9-7-6-8-10-21)29(4,18-31(24)25)28(34)30-22-13-11-19(2)12-14-22/h6-10,15-16,19-20,22H,5,11-14,17-18H2,1-4H3,(H,30,34). The van der Waals surface area contributed by atoms with Crippen LogP contribution in [-0.2, 0) is 17.8 Å². The van der Waals surface area contributed by atoms with Crippen LogP contribution >= 0.6 is 11.3 Å². The summed E-state index contributed by atoms with van der Waals surface area (Å²) in [6, 6.07) is 14.7. The molecule has 2 unspecified atom stereocenters. The van der Waals surface area contributed by atoms with Crippen molar-refractivity contribution in [3.8, 4) is 0 Å². The van der Waals surface area contributed by atoms with E-state index >= 15 is 0 Å². The predicted molar refractivity (Wildman–Crippen MR) is 143 cm³/mol. The average Bonchev–Trinajstić information content (AvgIpc) is 3.42. The Bertz CT molecular complexity index is 1220. The van der Waals surface area contributed by atoms with E-state index in [0.717, 1.165) is 48.2 Å². The second-order valence-electron chi connectivity index (χ2n) is 10.9. The zero-order valence-corrected chi connectivity index (χ0v) is 22.2. The highest BCUT2D eigenvalue weighted by molar-refractivity contribution is 7.19. The first-order chi connectivity index (χ1) is 16.8. The molecule has 5 rings (SSSR count). The number of aryl methyl sites for hydroxylation is 1. The van der Waals surface area contributed by atoms with Crippen LogP contribution in [0.25, 0.3) is 10.2 Å². The van der Waals surface area contributed by atoms with Gasteiger partial charge < -0.3 is 14.8 Å². The van der Waals surface area contributed by atoms with Gasteiger partial charge in [-0.1, -0.05) is 51.1 Å². The van der Waals surface area contributed by atoms with Gasteiger partial charge in [-0.05, 0) is 68.6 Å². The van der Waals surface area contributed by atoms with E-state index in [9.17, 15) is 9.59 Å². The molecule has 35 heavy (non-hydrogen) atoms. The molecule has 5 nitrogen and oxygen atoms in total. The molecule has 1 N–H and O–H groups in total. The molecule has 1 fully saturated rings. The van der Waals surface area contributed by atoms with Crippen molar-refractivity contribution in [3.05, 3.63) is 58.6 Å². The van der Waals surface area contributed by atoms with Gasteiger partial charge in [0.05, 0.1) is 16.8 Å². The molecule has 186 valence electrons. The lowest BCUT2D eigenvalue weighted by molar-refractivity contribution is -0.134. The Morgan fingerprint density at radius 2 is 1.89 bits per heavy atom. The average molecular weight is 492 g/mol. The highest BCUT2D eigenvalue weighted by Gasteiger charge is 2.48. The Labute approximate surface area is 212 Å². The Morgan fingerprint density at radius 1 is 1.17 bits per heavy atom. The summed E-state index contributed by atoms with van der Waals surface area (Å²) >= 11 is 1.75. The number of nitrogens with zero attached hydrogens (tertiary/aromatic N) is 2. The topological polar surface area (TPSA) is 54.3 Å². The van der Waals surface area contributed by atoms with E-state index in [4.69, 9.17) is 0 Å². The highest BCUT2D eigenvalue weighted by Crippen LogP contribution is 2.37. The zero-order chi connectivity index (χ0) is 24.7. The van der Waals surface area contributed by atoms with Gasteiger partial charge >= 0.3 is 0 Å². The van der Waals surface area contributed by atoms with Crippen molar-refractivity contribution in [1.29, 1.82) is 0 Å². The molecule has 2 atom stereocenters. The maximum absolute atomic E-state index is 14.0. The van der Waals surface area contributed by atoms with Gasteiger partial charge in [-0.15, -0.1) is 11.3 Å². The molecule has 1 aromatic carbocycles. The first-order valence-electron chi connectivity index (χ1n) is 13.1. The van der Waals surface area contributed by atoms with Crippen LogP contribution in [0, 0.1) is 5.92 Å². The van der Waals surface area contributed by atoms with E-state index in [0.29, 0.717) is 18.8 Å². The number of benzene rings is 1. The Hall–Kier alpha value is -2.60. The third-order valence-corrected chi connectivity index (χ3v) is 9.40. The number of aromatic nitrogens is 1. The van der Waals surface area contributed by atoms with Crippen molar-refractivity contribution in [1.82, 2.24) is 14.8 Å². The Balaban J connectivity index is 1.50. The van der Waals surface area contributed by atoms with Gasteiger partial charge in [-0.3, -0.25) is 9.59 Å². The minimum Gasteiger partial charge on any atom is -0.351 e. The summed E-state index contributed by atoms with van der Waals surface area (Å²) in [6.45, 7) is 9.54. The number of carbonyl (C=O) groups is 2. The molecule has 0 bridgehead atoms. The summed E-state index contributed by atoms with van der Waals surface area (Å²) in [4.78, 5) is 31.1. The van der Waals surface area contributed by atoms with Gasteiger partial charge in [0, 0.05) is 17.5 Å². The number of hydrogen-bond acceptors (Lipinski definition) is 3. The fourth-order valence-corrected chi connectivity index (χ4v) is 6.80. The van der Waals surface area contributed by atoms with Crippen molar-refractivity contribution >= 4 is 33.4 Å². The van der Waals surface area contributed by atoms with Gasteiger partial charge in [-0.2, -0.15) is 0 Å². The van der Waals surface area contributed by atoms with Crippen molar-refractivity contribution in [2.75, 3.05) is 6.54 Å². The minimum absolute atomic E-state index is 0.0240. The highest BCUT2D eigenvalue weighted by atomic mass is 32.1. The lowest BCUT2D eigenvalue weighted by Gasteiger charge is -2.46. The summed E-state index contributed by atoms with van der Waals surface area (Å²) in [7, 11) is 0. The van der Waals surface area contributed by atoms with Crippen LogP contribution in [0.3, 0.4) is 0 Å². The van der Waals surface area contributed by atoms with E-state index in [2.05, 4.69) is 48.9 Å². The van der Waals surface area contributed by atoms with E-state index < -0.39 is 5.54 Å². The molecular formula is C29H37N3O2S. The fraction of sp³-hybridized carbons (Fsp3) is 0.517. The van der Waals surface area contributed by atoms with Gasteiger partial charge in [0.15, 0.2) is 0 Å². The number of amides is 2. The maximum Gasteiger partial charge on any atom is 0.271 e. The first-order valence-corrected chi connectivity index (χ1v) is 13.9. The van der Waals surface area contributed by atoms with Crippen LogP contribution in [-0.4, -0.2) is 39.4 Å². The fourth-order valence-electron chi connectivity index (χ4n) is 5.76. The van der Waals surface area contributed by atoms with Crippen molar-refractivity contribution in [3.63, 3.8) is 0 Å². The van der Waals surface area contributed by atoms with Crippen LogP contribution in [0.5, 0.6) is 0 Å². The minimum atomic E-state index is -0.948. The van der Waals surface area contributed by atoms with Crippen LogP contribution < -0.4 is 5.32 Å². The molecule has 2 amide bonds. The second-order valence-corrected chi connectivity index (χ2v) is 12.0. The molecule has 0 saturated heterocycles. The SMILES string of the molecule is CCc1cc2c(cc3n2CC(C)(C(=O)NC2CCC(C)CC2)N(CC(C)c2ccccc2)C3=O)s1. The normalized spacial score (nSPS) is 25.5. The third kappa shape index (κ3) is 4.42. The third-order valence-electron chi connectivity index (χ3n) is 8.18. The summed E-state index contributed by atoms with van der Waals surface area (Å²) in [5.74, 6) is 0.775. The number of carbonyl (C=O) groups excluding carboxylic acids is 2. The van der Waals surface area contributed by atoms with Crippen LogP contribution in [0.15, 0.2) is 42.5 Å². The first kappa shape index (κ1) is 24.1. The number of rotatable bonds is 6. The maximum atomic E-state index is 14.0. The van der Waals surface area contributed by atoms with Crippen LogP contribution in [0.1, 0.15) is 80.2 Å². The van der Waals surface area contributed by atoms with Crippen molar-refractivity contribution in [2.24, 2.45) is 5.92 Å². The summed E-state index contributed by atoms with van der Waals surface area (Å²) in [5.41, 5.74) is 2.01. The number of fused-ring (bicyclic) bond motifs is 3. The van der Waals surface area contributed by atoms with Crippen molar-refractivity contribution in [2.45, 2.75) is 83.8 Å². The Morgan fingerprint density at radius 3 is 2.57 bits per heavy atom. The molecule has 1 saturated carbocycles. The molecule has 3 aromatic rings. The van der Waals surface area contributed by atoms with Gasteiger partial charge in [0.1, 0.15) is 11.2 Å². The molecule has 1 aliphatic carbocycles. The monoisotopic (exact) mass is 491 g/mol. The molecule has 2 aromatic heterocycles. The molecule has 0 radical (unpaired) electrons. The second kappa shape index (κ2) is 9.45. The summed E-state index contributed by atoms with van der Waals surface area (Å²) in [5, 5.41) is 3.36. The molecule has 2 aliphatic rings. The lowest BCUT2D eigenvalue weighted by atomic mass is 9.86. The van der Waals surface area contributed by atoms with Crippen molar-refractivity contribution < 1.29 is 9.59 Å². The largest absolute Gasteiger partial charge is 0.351 e. The van der Waals surface area contributed by atoms with E-state index in [1.54, 1.807) is 11.3 Å². The molecular weight excluding hydrogens is 454 g/mol. The molecule has 6 heteroatoms. The number of nitrogens with one attached hydrogen (secondary N) is 1. The molecule has 3 heterocycles. The van der Waals surface area contributed by atoms with E-state index in [-0.39, 0.29) is 23.8 Å². The van der Waals surface area contributed by atoms with E-state index in [1.807, 2.05) is 36.1 Å². The zero-order valence-electron chi connectivity index (χ0n) is 21.3. The van der Waals surface area contributed by atoms with Crippen LogP contribution in [0.2, 0.25) is 0 Å². The summed E-state index contributed by atoms with van der Waals surface area (Å²) < 4.78 is 3.23. The summed E-state index contributed by atoms with van der Waals surface area (Å²) in [6.07, 6.45) is 5.29. The van der Waals surface area contributed by atoms with Gasteiger partial charge in [0.25, 0.3) is 5.91 Å². The molecule has 1 aliphatic heterocycles. The quantitative estimate of drug-likeness (QED) is 0.461. The number of thiophene rings is 1. The predicted octanol–water partition coefficient (Wildman–Crippen LogP) is 5.98. The lowest BCUT2D eigenvalue weighted by Crippen LogP contribution is -2.65. The van der Waals surface area contributed by atoms with Gasteiger partial charge in [0.2, 0.25) is 5.91 Å². The Kier molecular flexibility index (Phi) is 6.51. The van der Waals surface area contributed by atoms with Gasteiger partial charge in [-0.25, -0.2) is 0 Å². The van der Waals surface area contributed by atoms with E-state index in [1.165, 1.54) is 10.4 Å². The molecule has 0 spiro atoms.